The van der Waals surface area contributed by atoms with Crippen molar-refractivity contribution in [3.63, 3.8) is 0 Å². The van der Waals surface area contributed by atoms with Crippen molar-refractivity contribution in [2.45, 2.75) is 32.7 Å². The van der Waals surface area contributed by atoms with E-state index in [0.717, 1.165) is 24.3 Å². The lowest BCUT2D eigenvalue weighted by Crippen LogP contribution is -2.31. The second kappa shape index (κ2) is 8.04. The van der Waals surface area contributed by atoms with Gasteiger partial charge in [0.2, 0.25) is 0 Å². The van der Waals surface area contributed by atoms with Gasteiger partial charge in [-0.15, -0.1) is 0 Å². The molecule has 1 heterocycles. The van der Waals surface area contributed by atoms with Crippen LogP contribution in [0.5, 0.6) is 5.75 Å². The van der Waals surface area contributed by atoms with Gasteiger partial charge in [0.15, 0.2) is 0 Å². The van der Waals surface area contributed by atoms with Gasteiger partial charge in [0, 0.05) is 12.6 Å². The molecule has 5 nitrogen and oxygen atoms in total. The SMILES string of the molecule is CCOc1ccccc1N[C@H](C)CCCN1C(=O)c2ccccc2C1=O. The lowest BCUT2D eigenvalue weighted by atomic mass is 10.1. The van der Waals surface area contributed by atoms with Gasteiger partial charge in [0.1, 0.15) is 5.75 Å². The summed E-state index contributed by atoms with van der Waals surface area (Å²) in [6, 6.07) is 15.0. The van der Waals surface area contributed by atoms with Crippen molar-refractivity contribution in [3.05, 3.63) is 59.7 Å². The van der Waals surface area contributed by atoms with Gasteiger partial charge in [0.05, 0.1) is 23.4 Å². The summed E-state index contributed by atoms with van der Waals surface area (Å²) in [6.07, 6.45) is 1.59. The molecule has 0 aliphatic carbocycles. The summed E-state index contributed by atoms with van der Waals surface area (Å²) in [7, 11) is 0. The average molecular weight is 352 g/mol. The van der Waals surface area contributed by atoms with E-state index < -0.39 is 0 Å². The van der Waals surface area contributed by atoms with Crippen molar-refractivity contribution >= 4 is 17.5 Å². The number of nitrogens with one attached hydrogen (secondary N) is 1. The lowest BCUT2D eigenvalue weighted by molar-refractivity contribution is 0.0651. The predicted molar refractivity (Wildman–Crippen MR) is 102 cm³/mol. The monoisotopic (exact) mass is 352 g/mol. The molecule has 2 aromatic rings. The molecule has 0 unspecified atom stereocenters. The van der Waals surface area contributed by atoms with Gasteiger partial charge in [0.25, 0.3) is 11.8 Å². The molecule has 26 heavy (non-hydrogen) atoms. The van der Waals surface area contributed by atoms with Crippen LogP contribution < -0.4 is 10.1 Å². The summed E-state index contributed by atoms with van der Waals surface area (Å²) < 4.78 is 5.63. The number of ether oxygens (including phenoxy) is 1. The van der Waals surface area contributed by atoms with E-state index in [1.54, 1.807) is 24.3 Å². The van der Waals surface area contributed by atoms with Crippen LogP contribution in [-0.4, -0.2) is 35.9 Å². The van der Waals surface area contributed by atoms with E-state index in [1.165, 1.54) is 4.90 Å². The molecule has 0 saturated heterocycles. The van der Waals surface area contributed by atoms with E-state index in [0.29, 0.717) is 24.3 Å². The Bertz CT molecular complexity index is 768. The summed E-state index contributed by atoms with van der Waals surface area (Å²) in [5.74, 6) is 0.461. The van der Waals surface area contributed by atoms with Gasteiger partial charge < -0.3 is 10.1 Å². The molecule has 0 fully saturated rings. The zero-order chi connectivity index (χ0) is 18.5. The summed E-state index contributed by atoms with van der Waals surface area (Å²) in [6.45, 7) is 5.10. The minimum atomic E-state index is -0.187. The van der Waals surface area contributed by atoms with Gasteiger partial charge in [-0.3, -0.25) is 14.5 Å². The van der Waals surface area contributed by atoms with Crippen molar-refractivity contribution in [1.29, 1.82) is 0 Å². The van der Waals surface area contributed by atoms with Crippen molar-refractivity contribution in [1.82, 2.24) is 4.90 Å². The third-order valence-electron chi connectivity index (χ3n) is 4.49. The number of carbonyl (C=O) groups is 2. The Hall–Kier alpha value is -2.82. The molecular formula is C21H24N2O3. The Morgan fingerprint density at radius 2 is 1.62 bits per heavy atom. The van der Waals surface area contributed by atoms with Crippen LogP contribution in [-0.2, 0) is 0 Å². The number of para-hydroxylation sites is 2. The third kappa shape index (κ3) is 3.72. The zero-order valence-corrected chi connectivity index (χ0v) is 15.2. The maximum atomic E-state index is 12.4. The van der Waals surface area contributed by atoms with Crippen LogP contribution in [0, 0.1) is 0 Å². The van der Waals surface area contributed by atoms with E-state index in [2.05, 4.69) is 12.2 Å². The van der Waals surface area contributed by atoms with E-state index >= 15 is 0 Å². The van der Waals surface area contributed by atoms with Crippen molar-refractivity contribution in [2.75, 3.05) is 18.5 Å². The average Bonchev–Trinajstić information content (AvgIpc) is 2.89. The van der Waals surface area contributed by atoms with E-state index in [9.17, 15) is 9.59 Å². The summed E-state index contributed by atoms with van der Waals surface area (Å²) in [4.78, 5) is 26.1. The van der Waals surface area contributed by atoms with E-state index in [-0.39, 0.29) is 17.9 Å². The summed E-state index contributed by atoms with van der Waals surface area (Å²) >= 11 is 0. The maximum absolute atomic E-state index is 12.4. The highest BCUT2D eigenvalue weighted by Gasteiger charge is 2.34. The molecule has 1 atom stereocenters. The molecule has 1 N–H and O–H groups in total. The number of benzene rings is 2. The standard InChI is InChI=1S/C21H24N2O3/c1-3-26-19-13-7-6-12-18(19)22-15(2)9-8-14-23-20(24)16-10-4-5-11-17(16)21(23)25/h4-7,10-13,15,22H,3,8-9,14H2,1-2H3/t15-/m1/s1. The Morgan fingerprint density at radius 3 is 2.27 bits per heavy atom. The molecule has 2 amide bonds. The normalized spacial score (nSPS) is 14.3. The van der Waals surface area contributed by atoms with Gasteiger partial charge in [-0.25, -0.2) is 0 Å². The highest BCUT2D eigenvalue weighted by atomic mass is 16.5. The number of fused-ring (bicyclic) bond motifs is 1. The quantitative estimate of drug-likeness (QED) is 0.731. The number of amides is 2. The predicted octanol–water partition coefficient (Wildman–Crippen LogP) is 3.96. The Labute approximate surface area is 154 Å². The molecule has 0 bridgehead atoms. The molecule has 136 valence electrons. The number of nitrogens with zero attached hydrogens (tertiary/aromatic N) is 1. The summed E-state index contributed by atoms with van der Waals surface area (Å²) in [5, 5.41) is 3.45. The van der Waals surface area contributed by atoms with Gasteiger partial charge in [-0.05, 0) is 51.0 Å². The number of rotatable bonds is 8. The number of anilines is 1. The molecule has 0 radical (unpaired) electrons. The molecule has 0 spiro atoms. The van der Waals surface area contributed by atoms with Gasteiger partial charge >= 0.3 is 0 Å². The smallest absolute Gasteiger partial charge is 0.261 e. The molecule has 0 aromatic heterocycles. The fraction of sp³-hybridized carbons (Fsp3) is 0.333. The minimum absolute atomic E-state index is 0.187. The number of hydrogen-bond acceptors (Lipinski definition) is 4. The van der Waals surface area contributed by atoms with Crippen LogP contribution >= 0.6 is 0 Å². The molecular weight excluding hydrogens is 328 g/mol. The maximum Gasteiger partial charge on any atom is 0.261 e. The van der Waals surface area contributed by atoms with Gasteiger partial charge in [-0.2, -0.15) is 0 Å². The Kier molecular flexibility index (Phi) is 5.56. The van der Waals surface area contributed by atoms with Crippen molar-refractivity contribution in [2.24, 2.45) is 0 Å². The van der Waals surface area contributed by atoms with Crippen LogP contribution in [0.4, 0.5) is 5.69 Å². The van der Waals surface area contributed by atoms with Crippen molar-refractivity contribution in [3.8, 4) is 5.75 Å². The third-order valence-corrected chi connectivity index (χ3v) is 4.49. The van der Waals surface area contributed by atoms with E-state index in [4.69, 9.17) is 4.74 Å². The van der Waals surface area contributed by atoms with Crippen LogP contribution in [0.1, 0.15) is 47.4 Å². The Balaban J connectivity index is 1.53. The highest BCUT2D eigenvalue weighted by Crippen LogP contribution is 2.26. The second-order valence-corrected chi connectivity index (χ2v) is 6.42. The van der Waals surface area contributed by atoms with Gasteiger partial charge in [-0.1, -0.05) is 24.3 Å². The second-order valence-electron chi connectivity index (χ2n) is 6.42. The fourth-order valence-corrected chi connectivity index (χ4v) is 3.20. The van der Waals surface area contributed by atoms with Crippen LogP contribution in [0.25, 0.3) is 0 Å². The first-order valence-electron chi connectivity index (χ1n) is 9.05. The molecule has 1 aliphatic rings. The first-order chi connectivity index (χ1) is 12.6. The topological polar surface area (TPSA) is 58.6 Å². The summed E-state index contributed by atoms with van der Waals surface area (Å²) in [5.41, 5.74) is 1.98. The molecule has 5 heteroatoms. The molecule has 0 saturated carbocycles. The first kappa shape index (κ1) is 18.0. The number of imide groups is 1. The lowest BCUT2D eigenvalue weighted by Gasteiger charge is -2.19. The number of carbonyl (C=O) groups excluding carboxylic acids is 2. The van der Waals surface area contributed by atoms with Crippen LogP contribution in [0.2, 0.25) is 0 Å². The van der Waals surface area contributed by atoms with Crippen LogP contribution in [0.3, 0.4) is 0 Å². The molecule has 3 rings (SSSR count). The Morgan fingerprint density at radius 1 is 1.00 bits per heavy atom. The first-order valence-corrected chi connectivity index (χ1v) is 9.05. The number of hydrogen-bond donors (Lipinski definition) is 1. The van der Waals surface area contributed by atoms with Crippen LogP contribution in [0.15, 0.2) is 48.5 Å². The fourth-order valence-electron chi connectivity index (χ4n) is 3.20. The zero-order valence-electron chi connectivity index (χ0n) is 15.2. The van der Waals surface area contributed by atoms with Crippen molar-refractivity contribution < 1.29 is 14.3 Å². The molecule has 2 aromatic carbocycles. The highest BCUT2D eigenvalue weighted by molar-refractivity contribution is 6.21. The van der Waals surface area contributed by atoms with E-state index in [1.807, 2.05) is 31.2 Å². The largest absolute Gasteiger partial charge is 0.492 e. The molecule has 1 aliphatic heterocycles. The minimum Gasteiger partial charge on any atom is -0.492 e.